The number of rotatable bonds is 10. The van der Waals surface area contributed by atoms with Gasteiger partial charge in [0.15, 0.2) is 0 Å². The van der Waals surface area contributed by atoms with Crippen LogP contribution in [-0.4, -0.2) is 36.6 Å². The summed E-state index contributed by atoms with van der Waals surface area (Å²) >= 11 is 0. The van der Waals surface area contributed by atoms with Crippen LogP contribution in [-0.2, 0) is 43.1 Å². The minimum absolute atomic E-state index is 0.297. The van der Waals surface area contributed by atoms with Gasteiger partial charge in [-0.3, -0.25) is 23.2 Å². The second kappa shape index (κ2) is 11.4. The van der Waals surface area contributed by atoms with Crippen LogP contribution in [0.15, 0.2) is 30.3 Å². The molecule has 0 saturated carbocycles. The molecule has 0 aromatic heterocycles. The van der Waals surface area contributed by atoms with Gasteiger partial charge in [-0.2, -0.15) is 8.78 Å². The highest BCUT2D eigenvalue weighted by Crippen LogP contribution is 2.66. The summed E-state index contributed by atoms with van der Waals surface area (Å²) in [5, 5.41) is 8.84. The van der Waals surface area contributed by atoms with E-state index in [1.807, 2.05) is 0 Å². The lowest BCUT2D eigenvalue weighted by molar-refractivity contribution is -0.163. The van der Waals surface area contributed by atoms with E-state index in [9.17, 15) is 18.9 Å². The van der Waals surface area contributed by atoms with Gasteiger partial charge in [-0.25, -0.2) is 4.79 Å². The van der Waals surface area contributed by atoms with Crippen molar-refractivity contribution in [2.75, 3.05) is 13.6 Å². The van der Waals surface area contributed by atoms with Crippen molar-refractivity contribution in [3.63, 3.8) is 0 Å². The molecule has 196 valence electrons. The molecule has 1 rings (SSSR count). The maximum absolute atomic E-state index is 15.4. The van der Waals surface area contributed by atoms with Crippen LogP contribution in [0.3, 0.4) is 0 Å². The molecule has 35 heavy (non-hydrogen) atoms. The Bertz CT molecular complexity index is 967. The van der Waals surface area contributed by atoms with Crippen molar-refractivity contribution in [2.24, 2.45) is 10.8 Å². The molecule has 0 amide bonds. The van der Waals surface area contributed by atoms with E-state index in [0.29, 0.717) is 11.1 Å². The van der Waals surface area contributed by atoms with Gasteiger partial charge in [0.05, 0.1) is 10.8 Å². The van der Waals surface area contributed by atoms with Crippen LogP contribution in [0.5, 0.6) is 0 Å². The molecule has 0 fully saturated rings. The van der Waals surface area contributed by atoms with Crippen molar-refractivity contribution < 1.29 is 51.4 Å². The Labute approximate surface area is 202 Å². The maximum atomic E-state index is 15.4. The molecule has 0 saturated heterocycles. The SMILES string of the molecule is C/C(=C\C(=O)O)c1ccc(C(F)(F)P(=O)(OCOC(=O)C(C)(C)C)OCOC(=O)C(C)(C)C)cc1. The maximum Gasteiger partial charge on any atom is 0.410 e. The summed E-state index contributed by atoms with van der Waals surface area (Å²) in [6.07, 6.45) is 0.900. The molecule has 9 nitrogen and oxygen atoms in total. The Morgan fingerprint density at radius 1 is 0.886 bits per heavy atom. The molecular formula is C23H31F2O9P. The van der Waals surface area contributed by atoms with Gasteiger partial charge in [0.1, 0.15) is 0 Å². The third-order valence-corrected chi connectivity index (χ3v) is 6.26. The van der Waals surface area contributed by atoms with E-state index in [2.05, 4.69) is 0 Å². The largest absolute Gasteiger partial charge is 0.478 e. The smallest absolute Gasteiger partial charge is 0.410 e. The molecular weight excluding hydrogens is 489 g/mol. The van der Waals surface area contributed by atoms with Gasteiger partial charge in [-0.15, -0.1) is 0 Å². The Balaban J connectivity index is 3.21. The van der Waals surface area contributed by atoms with Crippen LogP contribution in [0.4, 0.5) is 8.78 Å². The van der Waals surface area contributed by atoms with Crippen LogP contribution >= 0.6 is 7.60 Å². The highest BCUT2D eigenvalue weighted by molar-refractivity contribution is 7.54. The van der Waals surface area contributed by atoms with Crippen LogP contribution in [0.2, 0.25) is 0 Å². The summed E-state index contributed by atoms with van der Waals surface area (Å²) in [6.45, 7) is 8.41. The number of ether oxygens (including phenoxy) is 2. The topological polar surface area (TPSA) is 125 Å². The van der Waals surface area contributed by atoms with Gasteiger partial charge in [0, 0.05) is 11.6 Å². The number of aliphatic carboxylic acids is 1. The average molecular weight is 520 g/mol. The van der Waals surface area contributed by atoms with E-state index in [4.69, 9.17) is 23.6 Å². The molecule has 0 aliphatic carbocycles. The van der Waals surface area contributed by atoms with Crippen molar-refractivity contribution in [3.8, 4) is 0 Å². The molecule has 1 N–H and O–H groups in total. The summed E-state index contributed by atoms with van der Waals surface area (Å²) in [6, 6.07) is 4.27. The number of carbonyl (C=O) groups is 3. The predicted molar refractivity (Wildman–Crippen MR) is 122 cm³/mol. The normalized spacial score (nSPS) is 13.3. The first-order valence-electron chi connectivity index (χ1n) is 10.4. The van der Waals surface area contributed by atoms with E-state index >= 15 is 8.78 Å². The zero-order valence-electron chi connectivity index (χ0n) is 20.7. The van der Waals surface area contributed by atoms with E-state index in [1.54, 1.807) is 0 Å². The average Bonchev–Trinajstić information content (AvgIpc) is 2.71. The standard InChI is InChI=1S/C23H31F2O9P/c1-15(12-18(26)27)16-8-10-17(11-9-16)23(24,25)35(30,33-13-31-19(28)21(2,3)4)34-14-32-20(29)22(5,6)7/h8-12H,13-14H2,1-7H3,(H,26,27)/b15-12+. The fourth-order valence-corrected chi connectivity index (χ4v) is 3.54. The third kappa shape index (κ3) is 8.52. The lowest BCUT2D eigenvalue weighted by Crippen LogP contribution is -2.27. The van der Waals surface area contributed by atoms with E-state index in [-0.39, 0.29) is 0 Å². The number of carboxylic acids is 1. The number of carbonyl (C=O) groups excluding carboxylic acids is 2. The zero-order valence-corrected chi connectivity index (χ0v) is 21.6. The highest BCUT2D eigenvalue weighted by atomic mass is 31.2. The third-order valence-electron chi connectivity index (χ3n) is 4.42. The first-order valence-corrected chi connectivity index (χ1v) is 12.0. The molecule has 0 radical (unpaired) electrons. The van der Waals surface area contributed by atoms with Crippen molar-refractivity contribution >= 4 is 31.1 Å². The second-order valence-corrected chi connectivity index (χ2v) is 11.7. The van der Waals surface area contributed by atoms with E-state index in [0.717, 1.165) is 18.2 Å². The van der Waals surface area contributed by atoms with Crippen LogP contribution in [0, 0.1) is 10.8 Å². The molecule has 0 atom stereocenters. The lowest BCUT2D eigenvalue weighted by atomic mass is 9.98. The Kier molecular flexibility index (Phi) is 9.91. The number of carboxylic acid groups (broad SMARTS) is 1. The second-order valence-electron chi connectivity index (χ2n) is 9.64. The Hall–Kier alpha value is -2.62. The monoisotopic (exact) mass is 520 g/mol. The lowest BCUT2D eigenvalue weighted by Gasteiger charge is -2.27. The van der Waals surface area contributed by atoms with Gasteiger partial charge >= 0.3 is 31.2 Å². The number of allylic oxidation sites excluding steroid dienone is 1. The summed E-state index contributed by atoms with van der Waals surface area (Å²) in [5.74, 6) is -2.80. The van der Waals surface area contributed by atoms with Crippen molar-refractivity contribution in [1.82, 2.24) is 0 Å². The summed E-state index contributed by atoms with van der Waals surface area (Å²) < 4.78 is 63.0. The fourth-order valence-electron chi connectivity index (χ4n) is 2.29. The first-order chi connectivity index (χ1) is 15.8. The number of hydrogen-bond donors (Lipinski definition) is 1. The molecule has 12 heteroatoms. The van der Waals surface area contributed by atoms with Gasteiger partial charge in [-0.05, 0) is 59.6 Å². The predicted octanol–water partition coefficient (Wildman–Crippen LogP) is 5.54. The first kappa shape index (κ1) is 30.4. The molecule has 1 aromatic rings. The van der Waals surface area contributed by atoms with Gasteiger partial charge in [-0.1, -0.05) is 24.3 Å². The minimum atomic E-state index is -5.42. The molecule has 0 spiro atoms. The molecule has 0 heterocycles. The van der Waals surface area contributed by atoms with Crippen molar-refractivity contribution in [1.29, 1.82) is 0 Å². The van der Waals surface area contributed by atoms with Crippen LogP contribution in [0.1, 0.15) is 59.6 Å². The number of alkyl halides is 2. The molecule has 0 unspecified atom stereocenters. The van der Waals surface area contributed by atoms with E-state index in [1.165, 1.54) is 60.6 Å². The number of hydrogen-bond acceptors (Lipinski definition) is 8. The number of halogens is 2. The van der Waals surface area contributed by atoms with Crippen LogP contribution in [0.25, 0.3) is 5.57 Å². The zero-order chi connectivity index (χ0) is 27.2. The van der Waals surface area contributed by atoms with Gasteiger partial charge in [0.2, 0.25) is 13.6 Å². The fraction of sp³-hybridized carbons (Fsp3) is 0.522. The Morgan fingerprint density at radius 2 is 1.29 bits per heavy atom. The van der Waals surface area contributed by atoms with Gasteiger partial charge < -0.3 is 14.6 Å². The molecule has 0 bridgehead atoms. The summed E-state index contributed by atoms with van der Waals surface area (Å²) in [5.41, 5.74) is -6.35. The molecule has 0 aliphatic heterocycles. The Morgan fingerprint density at radius 3 is 1.63 bits per heavy atom. The van der Waals surface area contributed by atoms with Crippen LogP contribution < -0.4 is 0 Å². The quantitative estimate of drug-likeness (QED) is 0.183. The summed E-state index contributed by atoms with van der Waals surface area (Å²) in [7, 11) is -5.42. The summed E-state index contributed by atoms with van der Waals surface area (Å²) in [4.78, 5) is 34.7. The minimum Gasteiger partial charge on any atom is -0.478 e. The molecule has 0 aliphatic rings. The molecule has 1 aromatic carbocycles. The van der Waals surface area contributed by atoms with Crippen molar-refractivity contribution in [3.05, 3.63) is 41.5 Å². The van der Waals surface area contributed by atoms with E-state index < -0.39 is 61.1 Å². The highest BCUT2D eigenvalue weighted by Gasteiger charge is 2.56. The number of esters is 2. The van der Waals surface area contributed by atoms with Crippen molar-refractivity contribution in [2.45, 2.75) is 54.1 Å². The number of benzene rings is 1. The van der Waals surface area contributed by atoms with Gasteiger partial charge in [0.25, 0.3) is 0 Å².